The minimum absolute atomic E-state index is 0.0532. The molecule has 0 radical (unpaired) electrons. The maximum absolute atomic E-state index is 13.0. The lowest BCUT2D eigenvalue weighted by Gasteiger charge is -2.21. The van der Waals surface area contributed by atoms with Gasteiger partial charge in [-0.25, -0.2) is 0 Å². The van der Waals surface area contributed by atoms with Crippen molar-refractivity contribution in [2.45, 2.75) is 19.3 Å². The zero-order chi connectivity index (χ0) is 20.4. The highest BCUT2D eigenvalue weighted by atomic mass is 19.4. The number of para-hydroxylation sites is 1. The van der Waals surface area contributed by atoms with E-state index in [1.165, 1.54) is 23.3 Å². The number of carbonyl (C=O) groups excluding carboxylic acids is 1. The molecule has 7 heteroatoms. The lowest BCUT2D eigenvalue weighted by molar-refractivity contribution is -0.137. The van der Waals surface area contributed by atoms with Crippen LogP contribution in [0.15, 0.2) is 81.8 Å². The SMILES string of the molecule is O=C(c1cccc(C(F)(F)F)c1)N(Cc1ccco1)Cc1cc2ccccc2o1. The fraction of sp³-hybridized carbons (Fsp3) is 0.136. The van der Waals surface area contributed by atoms with E-state index in [9.17, 15) is 18.0 Å². The molecule has 0 aliphatic carbocycles. The second kappa shape index (κ2) is 7.50. The Morgan fingerprint density at radius 3 is 2.41 bits per heavy atom. The van der Waals surface area contributed by atoms with Crippen LogP contribution < -0.4 is 0 Å². The molecular formula is C22H16F3NO3. The lowest BCUT2D eigenvalue weighted by Crippen LogP contribution is -2.30. The summed E-state index contributed by atoms with van der Waals surface area (Å²) in [5.41, 5.74) is -0.250. The van der Waals surface area contributed by atoms with Crippen molar-refractivity contribution in [3.8, 4) is 0 Å². The minimum Gasteiger partial charge on any atom is -0.467 e. The van der Waals surface area contributed by atoms with Gasteiger partial charge in [0.15, 0.2) is 0 Å². The number of benzene rings is 2. The van der Waals surface area contributed by atoms with Crippen LogP contribution >= 0.6 is 0 Å². The summed E-state index contributed by atoms with van der Waals surface area (Å²) in [7, 11) is 0. The Hall–Kier alpha value is -3.48. The third-order valence-corrected chi connectivity index (χ3v) is 4.47. The third-order valence-electron chi connectivity index (χ3n) is 4.47. The van der Waals surface area contributed by atoms with Crippen LogP contribution in [-0.4, -0.2) is 10.8 Å². The van der Waals surface area contributed by atoms with E-state index in [2.05, 4.69) is 0 Å². The molecule has 148 valence electrons. The highest BCUT2D eigenvalue weighted by Crippen LogP contribution is 2.30. The highest BCUT2D eigenvalue weighted by molar-refractivity contribution is 5.94. The summed E-state index contributed by atoms with van der Waals surface area (Å²) in [6.45, 7) is 0.184. The van der Waals surface area contributed by atoms with Crippen molar-refractivity contribution >= 4 is 16.9 Å². The Balaban J connectivity index is 1.65. The van der Waals surface area contributed by atoms with Gasteiger partial charge in [0, 0.05) is 10.9 Å². The maximum Gasteiger partial charge on any atom is 0.416 e. The Morgan fingerprint density at radius 1 is 0.897 bits per heavy atom. The number of hydrogen-bond donors (Lipinski definition) is 0. The van der Waals surface area contributed by atoms with Crippen molar-refractivity contribution in [1.29, 1.82) is 0 Å². The summed E-state index contributed by atoms with van der Waals surface area (Å²) in [4.78, 5) is 14.4. The van der Waals surface area contributed by atoms with Gasteiger partial charge in [-0.1, -0.05) is 24.3 Å². The Labute approximate surface area is 164 Å². The molecule has 2 heterocycles. The van der Waals surface area contributed by atoms with Crippen LogP contribution in [0.5, 0.6) is 0 Å². The number of hydrogen-bond acceptors (Lipinski definition) is 3. The van der Waals surface area contributed by atoms with E-state index in [0.717, 1.165) is 17.5 Å². The van der Waals surface area contributed by atoms with Gasteiger partial charge in [-0.15, -0.1) is 0 Å². The molecule has 0 N–H and O–H groups in total. The minimum atomic E-state index is -4.53. The van der Waals surface area contributed by atoms with Crippen LogP contribution in [-0.2, 0) is 19.3 Å². The average Bonchev–Trinajstić information content (AvgIpc) is 3.35. The van der Waals surface area contributed by atoms with E-state index >= 15 is 0 Å². The van der Waals surface area contributed by atoms with Crippen molar-refractivity contribution in [1.82, 2.24) is 4.90 Å². The van der Waals surface area contributed by atoms with Crippen LogP contribution in [0.2, 0.25) is 0 Å². The molecule has 0 spiro atoms. The molecule has 2 aromatic heterocycles. The molecular weight excluding hydrogens is 383 g/mol. The lowest BCUT2D eigenvalue weighted by atomic mass is 10.1. The molecule has 0 saturated carbocycles. The fourth-order valence-electron chi connectivity index (χ4n) is 3.10. The smallest absolute Gasteiger partial charge is 0.416 e. The first-order chi connectivity index (χ1) is 13.9. The largest absolute Gasteiger partial charge is 0.467 e. The standard InChI is InChI=1S/C22H16F3NO3/c23-22(24,25)17-7-3-6-16(11-17)21(27)26(13-18-8-4-10-28-18)14-19-12-15-5-1-2-9-20(15)29-19/h1-12H,13-14H2. The summed E-state index contributed by atoms with van der Waals surface area (Å²) < 4.78 is 50.2. The summed E-state index contributed by atoms with van der Waals surface area (Å²) in [5, 5.41) is 0.881. The second-order valence-electron chi connectivity index (χ2n) is 6.57. The molecule has 0 fully saturated rings. The number of amides is 1. The molecule has 0 unspecified atom stereocenters. The van der Waals surface area contributed by atoms with Crippen molar-refractivity contribution in [2.24, 2.45) is 0 Å². The van der Waals surface area contributed by atoms with E-state index < -0.39 is 17.6 Å². The Morgan fingerprint density at radius 2 is 1.69 bits per heavy atom. The summed E-state index contributed by atoms with van der Waals surface area (Å²) >= 11 is 0. The van der Waals surface area contributed by atoms with E-state index in [1.54, 1.807) is 12.1 Å². The molecule has 0 aliphatic rings. The number of rotatable bonds is 5. The summed E-state index contributed by atoms with van der Waals surface area (Å²) in [6.07, 6.45) is -3.05. The van der Waals surface area contributed by atoms with Gasteiger partial charge in [-0.3, -0.25) is 4.79 Å². The zero-order valence-corrected chi connectivity index (χ0v) is 15.1. The van der Waals surface area contributed by atoms with Crippen LogP contribution in [0.1, 0.15) is 27.4 Å². The Bertz CT molecular complexity index is 1100. The van der Waals surface area contributed by atoms with Crippen molar-refractivity contribution in [3.63, 3.8) is 0 Å². The van der Waals surface area contributed by atoms with Gasteiger partial charge in [0.1, 0.15) is 17.1 Å². The zero-order valence-electron chi connectivity index (χ0n) is 15.1. The molecule has 29 heavy (non-hydrogen) atoms. The predicted octanol–water partition coefficient (Wildman–Crippen LogP) is 5.89. The molecule has 0 atom stereocenters. The van der Waals surface area contributed by atoms with Crippen LogP contribution in [0, 0.1) is 0 Å². The first kappa shape index (κ1) is 18.9. The highest BCUT2D eigenvalue weighted by Gasteiger charge is 2.31. The first-order valence-corrected chi connectivity index (χ1v) is 8.86. The number of alkyl halides is 3. The predicted molar refractivity (Wildman–Crippen MR) is 99.9 cm³/mol. The van der Waals surface area contributed by atoms with Crippen LogP contribution in [0.3, 0.4) is 0 Å². The third kappa shape index (κ3) is 4.18. The average molecular weight is 399 g/mol. The normalized spacial score (nSPS) is 11.7. The van der Waals surface area contributed by atoms with Gasteiger partial charge >= 0.3 is 6.18 Å². The fourth-order valence-corrected chi connectivity index (χ4v) is 3.10. The molecule has 2 aromatic carbocycles. The molecule has 4 nitrogen and oxygen atoms in total. The molecule has 4 aromatic rings. The van der Waals surface area contributed by atoms with Crippen molar-refractivity contribution in [3.05, 3.63) is 95.6 Å². The van der Waals surface area contributed by atoms with Gasteiger partial charge < -0.3 is 13.7 Å². The summed E-state index contributed by atoms with van der Waals surface area (Å²) in [5.74, 6) is 0.493. The van der Waals surface area contributed by atoms with E-state index in [1.807, 2.05) is 30.3 Å². The van der Waals surface area contributed by atoms with Gasteiger partial charge in [0.2, 0.25) is 0 Å². The van der Waals surface area contributed by atoms with Crippen molar-refractivity contribution < 1.29 is 26.8 Å². The number of nitrogens with zero attached hydrogens (tertiary/aromatic N) is 1. The number of carbonyl (C=O) groups is 1. The quantitative estimate of drug-likeness (QED) is 0.421. The molecule has 4 rings (SSSR count). The summed E-state index contributed by atoms with van der Waals surface area (Å²) in [6, 6.07) is 17.0. The second-order valence-corrected chi connectivity index (χ2v) is 6.57. The monoisotopic (exact) mass is 399 g/mol. The van der Waals surface area contributed by atoms with Crippen LogP contribution in [0.25, 0.3) is 11.0 Å². The molecule has 0 bridgehead atoms. The van der Waals surface area contributed by atoms with Gasteiger partial charge in [-0.05, 0) is 42.5 Å². The Kier molecular flexibility index (Phi) is 4.88. The molecule has 1 amide bonds. The van der Waals surface area contributed by atoms with Gasteiger partial charge in [0.25, 0.3) is 5.91 Å². The number of furan rings is 2. The topological polar surface area (TPSA) is 46.6 Å². The van der Waals surface area contributed by atoms with E-state index in [-0.39, 0.29) is 18.7 Å². The number of fused-ring (bicyclic) bond motifs is 1. The molecule has 0 aliphatic heterocycles. The maximum atomic E-state index is 13.0. The first-order valence-electron chi connectivity index (χ1n) is 8.86. The molecule has 0 saturated heterocycles. The number of halogens is 3. The van der Waals surface area contributed by atoms with Crippen molar-refractivity contribution in [2.75, 3.05) is 0 Å². The van der Waals surface area contributed by atoms with E-state index in [0.29, 0.717) is 17.1 Å². The van der Waals surface area contributed by atoms with Gasteiger partial charge in [-0.2, -0.15) is 13.2 Å². The van der Waals surface area contributed by atoms with Gasteiger partial charge in [0.05, 0.1) is 24.9 Å². The van der Waals surface area contributed by atoms with E-state index in [4.69, 9.17) is 8.83 Å². The van der Waals surface area contributed by atoms with Crippen LogP contribution in [0.4, 0.5) is 13.2 Å².